The van der Waals surface area contributed by atoms with Gasteiger partial charge in [0.2, 0.25) is 0 Å². The van der Waals surface area contributed by atoms with E-state index in [4.69, 9.17) is 14.2 Å². The summed E-state index contributed by atoms with van der Waals surface area (Å²) in [6.45, 7) is 5.37. The third kappa shape index (κ3) is 6.57. The molecule has 1 unspecified atom stereocenters. The van der Waals surface area contributed by atoms with Gasteiger partial charge in [0.25, 0.3) is 5.91 Å². The fraction of sp³-hybridized carbons (Fsp3) is 0.414. The first-order valence-corrected chi connectivity index (χ1v) is 12.8. The normalized spacial score (nSPS) is 15.4. The van der Waals surface area contributed by atoms with Crippen LogP contribution >= 0.6 is 0 Å². The minimum Gasteiger partial charge on any atom is -0.493 e. The van der Waals surface area contributed by atoms with Crippen molar-refractivity contribution < 1.29 is 23.8 Å². The van der Waals surface area contributed by atoms with Crippen LogP contribution < -0.4 is 9.47 Å². The molecule has 0 N–H and O–H groups in total. The first kappa shape index (κ1) is 26.4. The van der Waals surface area contributed by atoms with Gasteiger partial charge in [0.1, 0.15) is 18.5 Å². The molecule has 0 radical (unpaired) electrons. The van der Waals surface area contributed by atoms with Crippen molar-refractivity contribution in [3.05, 3.63) is 71.5 Å². The van der Waals surface area contributed by atoms with Gasteiger partial charge in [0.05, 0.1) is 43.4 Å². The van der Waals surface area contributed by atoms with Gasteiger partial charge >= 0.3 is 0 Å². The maximum atomic E-state index is 13.5. The molecule has 2 aromatic carbocycles. The highest BCUT2D eigenvalue weighted by molar-refractivity contribution is 5.95. The number of para-hydroxylation sites is 1. The van der Waals surface area contributed by atoms with E-state index in [0.717, 1.165) is 29.8 Å². The largest absolute Gasteiger partial charge is 0.493 e. The number of morpholine rings is 1. The molecule has 4 rings (SSSR count). The molecule has 1 aliphatic rings. The number of carbonyl (C=O) groups excluding carboxylic acids is 2. The van der Waals surface area contributed by atoms with Crippen LogP contribution in [-0.4, -0.2) is 65.9 Å². The number of carbonyl (C=O) groups is 2. The summed E-state index contributed by atoms with van der Waals surface area (Å²) in [5, 5.41) is 4.55. The maximum Gasteiger partial charge on any atom is 0.257 e. The molecule has 37 heavy (non-hydrogen) atoms. The van der Waals surface area contributed by atoms with Crippen LogP contribution in [0.1, 0.15) is 48.3 Å². The number of nitrogens with zero attached hydrogens (tertiary/aromatic N) is 3. The van der Waals surface area contributed by atoms with Crippen LogP contribution in [0.25, 0.3) is 5.69 Å². The minimum absolute atomic E-state index is 0.0358. The number of aryl methyl sites for hydroxylation is 1. The summed E-state index contributed by atoms with van der Waals surface area (Å²) in [5.74, 6) is 1.34. The summed E-state index contributed by atoms with van der Waals surface area (Å²) < 4.78 is 19.3. The molecule has 3 aromatic rings. The van der Waals surface area contributed by atoms with Crippen LogP contribution in [0.3, 0.4) is 0 Å². The fourth-order valence-electron chi connectivity index (χ4n) is 4.49. The maximum absolute atomic E-state index is 13.5. The molecule has 1 aromatic heterocycles. The first-order chi connectivity index (χ1) is 18.0. The van der Waals surface area contributed by atoms with Gasteiger partial charge in [0.15, 0.2) is 11.5 Å². The van der Waals surface area contributed by atoms with Gasteiger partial charge in [-0.3, -0.25) is 4.79 Å². The van der Waals surface area contributed by atoms with Gasteiger partial charge in [-0.25, -0.2) is 4.68 Å². The van der Waals surface area contributed by atoms with Gasteiger partial charge in [-0.1, -0.05) is 37.6 Å². The van der Waals surface area contributed by atoms with Crippen molar-refractivity contribution in [2.45, 2.75) is 45.6 Å². The zero-order valence-corrected chi connectivity index (χ0v) is 21.8. The van der Waals surface area contributed by atoms with Gasteiger partial charge in [-0.05, 0) is 49.6 Å². The molecule has 1 aliphatic heterocycles. The number of rotatable bonds is 11. The Morgan fingerprint density at radius 2 is 1.92 bits per heavy atom. The number of hydrogen-bond acceptors (Lipinski definition) is 6. The molecule has 0 spiro atoms. The summed E-state index contributed by atoms with van der Waals surface area (Å²) in [6, 6.07) is 15.6. The lowest BCUT2D eigenvalue weighted by Gasteiger charge is -2.33. The highest BCUT2D eigenvalue weighted by Crippen LogP contribution is 2.29. The van der Waals surface area contributed by atoms with Gasteiger partial charge in [-0.15, -0.1) is 0 Å². The molecule has 8 nitrogen and oxygen atoms in total. The van der Waals surface area contributed by atoms with E-state index in [1.54, 1.807) is 20.2 Å². The lowest BCUT2D eigenvalue weighted by molar-refractivity contribution is -0.116. The predicted octanol–water partition coefficient (Wildman–Crippen LogP) is 4.28. The quantitative estimate of drug-likeness (QED) is 0.387. The van der Waals surface area contributed by atoms with E-state index in [0.29, 0.717) is 49.6 Å². The number of hydrogen-bond donors (Lipinski definition) is 0. The number of methoxy groups -OCH3 is 1. The molecule has 0 aliphatic carbocycles. The highest BCUT2D eigenvalue weighted by Gasteiger charge is 2.29. The van der Waals surface area contributed by atoms with Crippen LogP contribution in [0, 0.1) is 0 Å². The Kier molecular flexibility index (Phi) is 8.95. The summed E-state index contributed by atoms with van der Waals surface area (Å²) >= 11 is 0. The average molecular weight is 506 g/mol. The molecule has 1 saturated heterocycles. The molecule has 8 heteroatoms. The van der Waals surface area contributed by atoms with Gasteiger partial charge in [0, 0.05) is 13.0 Å². The van der Waals surface area contributed by atoms with Crippen LogP contribution in [0.4, 0.5) is 0 Å². The molecule has 2 heterocycles. The molecule has 1 atom stereocenters. The van der Waals surface area contributed by atoms with E-state index in [-0.39, 0.29) is 24.4 Å². The third-order valence-corrected chi connectivity index (χ3v) is 6.43. The standard InChI is InChI=1S/C29H35N3O5/c1-4-8-26-25(18-30-32(26)23-9-6-5-7-10-23)29(34)31-15-16-36-24(19-31)20-37-27-14-13-22(12-11-21(2)33)17-28(27)35-3/h5-7,9-10,13-14,17-18,24H,4,8,11-12,15-16,19-20H2,1-3H3. The Bertz CT molecular complexity index is 1210. The van der Waals surface area contributed by atoms with Crippen LogP contribution in [0.15, 0.2) is 54.7 Å². The lowest BCUT2D eigenvalue weighted by Crippen LogP contribution is -2.47. The molecule has 1 fully saturated rings. The first-order valence-electron chi connectivity index (χ1n) is 12.8. The van der Waals surface area contributed by atoms with Crippen molar-refractivity contribution in [2.75, 3.05) is 33.4 Å². The van der Waals surface area contributed by atoms with Crippen molar-refractivity contribution in [1.29, 1.82) is 0 Å². The summed E-state index contributed by atoms with van der Waals surface area (Å²) in [7, 11) is 1.60. The van der Waals surface area contributed by atoms with E-state index >= 15 is 0 Å². The molecule has 196 valence electrons. The van der Waals surface area contributed by atoms with Crippen LogP contribution in [0.2, 0.25) is 0 Å². The second-order valence-corrected chi connectivity index (χ2v) is 9.24. The zero-order valence-electron chi connectivity index (χ0n) is 21.8. The Hall–Kier alpha value is -3.65. The number of ether oxygens (including phenoxy) is 3. The van der Waals surface area contributed by atoms with E-state index < -0.39 is 0 Å². The lowest BCUT2D eigenvalue weighted by atomic mass is 10.1. The van der Waals surface area contributed by atoms with E-state index in [1.807, 2.05) is 58.1 Å². The van der Waals surface area contributed by atoms with Crippen molar-refractivity contribution in [1.82, 2.24) is 14.7 Å². The topological polar surface area (TPSA) is 82.9 Å². The van der Waals surface area contributed by atoms with E-state index in [1.165, 1.54) is 0 Å². The second-order valence-electron chi connectivity index (χ2n) is 9.24. The summed E-state index contributed by atoms with van der Waals surface area (Å²) in [4.78, 5) is 26.7. The highest BCUT2D eigenvalue weighted by atomic mass is 16.5. The van der Waals surface area contributed by atoms with Crippen molar-refractivity contribution in [3.8, 4) is 17.2 Å². The molecule has 1 amide bonds. The third-order valence-electron chi connectivity index (χ3n) is 6.43. The number of amides is 1. The Labute approximate surface area is 218 Å². The summed E-state index contributed by atoms with van der Waals surface area (Å²) in [6.07, 6.45) is 4.24. The van der Waals surface area contributed by atoms with Crippen LogP contribution in [-0.2, 0) is 22.4 Å². The van der Waals surface area contributed by atoms with Gasteiger partial charge in [-0.2, -0.15) is 5.10 Å². The predicted molar refractivity (Wildman–Crippen MR) is 141 cm³/mol. The molecule has 0 saturated carbocycles. The number of aromatic nitrogens is 2. The smallest absolute Gasteiger partial charge is 0.257 e. The van der Waals surface area contributed by atoms with Crippen molar-refractivity contribution in [3.63, 3.8) is 0 Å². The number of ketones is 1. The number of Topliss-reactive ketones (excluding diaryl/α,β-unsaturated/α-hetero) is 1. The SMILES string of the molecule is CCCc1c(C(=O)N2CCOC(COc3ccc(CCC(C)=O)cc3OC)C2)cnn1-c1ccccc1. The zero-order chi connectivity index (χ0) is 26.2. The molecular formula is C29H35N3O5. The fourth-order valence-corrected chi connectivity index (χ4v) is 4.49. The van der Waals surface area contributed by atoms with Crippen molar-refractivity contribution in [2.24, 2.45) is 0 Å². The summed E-state index contributed by atoms with van der Waals surface area (Å²) in [5.41, 5.74) is 3.52. The Balaban J connectivity index is 1.42. The van der Waals surface area contributed by atoms with Crippen molar-refractivity contribution >= 4 is 11.7 Å². The molecular weight excluding hydrogens is 470 g/mol. The second kappa shape index (κ2) is 12.5. The van der Waals surface area contributed by atoms with Gasteiger partial charge < -0.3 is 23.9 Å². The molecule has 0 bridgehead atoms. The average Bonchev–Trinajstić information content (AvgIpc) is 3.34. The van der Waals surface area contributed by atoms with Crippen LogP contribution in [0.5, 0.6) is 11.5 Å². The Morgan fingerprint density at radius 1 is 1.11 bits per heavy atom. The number of benzene rings is 2. The monoisotopic (exact) mass is 505 g/mol. The Morgan fingerprint density at radius 3 is 2.65 bits per heavy atom. The van der Waals surface area contributed by atoms with E-state index in [9.17, 15) is 9.59 Å². The van der Waals surface area contributed by atoms with E-state index in [2.05, 4.69) is 12.0 Å². The minimum atomic E-state index is -0.265.